The number of carbonyl (C=O) groups excluding carboxylic acids is 2. The third-order valence-electron chi connectivity index (χ3n) is 6.09. The molecule has 3 heterocycles. The molecule has 2 aliphatic rings. The van der Waals surface area contributed by atoms with E-state index < -0.39 is 0 Å². The van der Waals surface area contributed by atoms with Gasteiger partial charge >= 0.3 is 0 Å². The van der Waals surface area contributed by atoms with Crippen molar-refractivity contribution < 1.29 is 14.3 Å². The largest absolute Gasteiger partial charge is 0.378 e. The molecule has 2 saturated heterocycles. The number of likely N-dealkylation sites (tertiary alicyclic amines) is 1. The predicted molar refractivity (Wildman–Crippen MR) is 119 cm³/mol. The van der Waals surface area contributed by atoms with Crippen LogP contribution in [0.4, 0.5) is 0 Å². The number of hydrogen-bond acceptors (Lipinski definition) is 4. The van der Waals surface area contributed by atoms with Gasteiger partial charge in [-0.05, 0) is 37.0 Å². The van der Waals surface area contributed by atoms with Crippen molar-refractivity contribution >= 4 is 23.4 Å². The highest BCUT2D eigenvalue weighted by molar-refractivity contribution is 6.30. The molecule has 0 saturated carbocycles. The van der Waals surface area contributed by atoms with Crippen LogP contribution in [-0.4, -0.2) is 70.8 Å². The zero-order valence-corrected chi connectivity index (χ0v) is 18.8. The molecule has 0 radical (unpaired) electrons. The van der Waals surface area contributed by atoms with E-state index in [4.69, 9.17) is 16.3 Å². The van der Waals surface area contributed by atoms with Crippen LogP contribution in [0.2, 0.25) is 5.02 Å². The lowest BCUT2D eigenvalue weighted by atomic mass is 9.94. The fraction of sp³-hybridized carbons (Fsp3) is 0.522. The van der Waals surface area contributed by atoms with Gasteiger partial charge in [0.15, 0.2) is 0 Å². The van der Waals surface area contributed by atoms with E-state index in [1.807, 2.05) is 34.1 Å². The van der Waals surface area contributed by atoms with Gasteiger partial charge < -0.3 is 14.5 Å². The van der Waals surface area contributed by atoms with Gasteiger partial charge in [-0.15, -0.1) is 0 Å². The number of nitrogens with zero attached hydrogens (tertiary/aromatic N) is 4. The average Bonchev–Trinajstić information content (AvgIpc) is 3.24. The molecule has 1 aromatic carbocycles. The van der Waals surface area contributed by atoms with Crippen LogP contribution in [0, 0.1) is 5.92 Å². The molecule has 1 aromatic heterocycles. The molecule has 7 nitrogen and oxygen atoms in total. The molecule has 0 N–H and O–H groups in total. The highest BCUT2D eigenvalue weighted by Gasteiger charge is 2.32. The lowest BCUT2D eigenvalue weighted by Gasteiger charge is -2.35. The maximum Gasteiger partial charge on any atom is 0.257 e. The number of piperidine rings is 1. The average molecular weight is 445 g/mol. The fourth-order valence-corrected chi connectivity index (χ4v) is 4.62. The van der Waals surface area contributed by atoms with Crippen LogP contribution in [0.1, 0.15) is 48.7 Å². The molecule has 0 unspecified atom stereocenters. The van der Waals surface area contributed by atoms with E-state index in [0.717, 1.165) is 11.4 Å². The molecule has 2 aromatic rings. The van der Waals surface area contributed by atoms with Gasteiger partial charge in [0.2, 0.25) is 5.91 Å². The molecule has 2 aliphatic heterocycles. The topological polar surface area (TPSA) is 67.7 Å². The van der Waals surface area contributed by atoms with E-state index in [1.54, 1.807) is 10.9 Å². The first kappa shape index (κ1) is 21.8. The molecule has 0 aliphatic carbocycles. The Bertz CT molecular complexity index is 944. The number of aromatic nitrogens is 2. The summed E-state index contributed by atoms with van der Waals surface area (Å²) in [5.41, 5.74) is 2.33. The SMILES string of the molecule is CC(C)c1c(C(=O)N2CCC(C(=O)N3CCOCC3)CC2)cnn1-c1cccc(Cl)c1. The van der Waals surface area contributed by atoms with Crippen molar-refractivity contribution in [2.75, 3.05) is 39.4 Å². The van der Waals surface area contributed by atoms with E-state index in [9.17, 15) is 9.59 Å². The number of morpholine rings is 1. The summed E-state index contributed by atoms with van der Waals surface area (Å²) in [5, 5.41) is 5.13. The lowest BCUT2D eigenvalue weighted by molar-refractivity contribution is -0.141. The number of amides is 2. The normalized spacial score (nSPS) is 17.9. The predicted octanol–water partition coefficient (Wildman–Crippen LogP) is 3.36. The second kappa shape index (κ2) is 9.40. The second-order valence-electron chi connectivity index (χ2n) is 8.49. The van der Waals surface area contributed by atoms with Gasteiger partial charge in [-0.3, -0.25) is 9.59 Å². The van der Waals surface area contributed by atoms with Gasteiger partial charge in [-0.2, -0.15) is 5.10 Å². The molecule has 31 heavy (non-hydrogen) atoms. The van der Waals surface area contributed by atoms with Crippen LogP contribution in [-0.2, 0) is 9.53 Å². The second-order valence-corrected chi connectivity index (χ2v) is 8.93. The van der Waals surface area contributed by atoms with Gasteiger partial charge in [0.1, 0.15) is 0 Å². The zero-order chi connectivity index (χ0) is 22.0. The molecular formula is C23H29ClN4O3. The molecule has 0 spiro atoms. The Hall–Kier alpha value is -2.38. The first-order valence-corrected chi connectivity index (χ1v) is 11.3. The van der Waals surface area contributed by atoms with E-state index in [2.05, 4.69) is 18.9 Å². The Morgan fingerprint density at radius 3 is 2.45 bits per heavy atom. The van der Waals surface area contributed by atoms with Gasteiger partial charge in [0, 0.05) is 37.1 Å². The summed E-state index contributed by atoms with van der Waals surface area (Å²) in [4.78, 5) is 29.9. The van der Waals surface area contributed by atoms with Crippen LogP contribution in [0.25, 0.3) is 5.69 Å². The van der Waals surface area contributed by atoms with Crippen LogP contribution >= 0.6 is 11.6 Å². The van der Waals surface area contributed by atoms with E-state index in [-0.39, 0.29) is 23.7 Å². The van der Waals surface area contributed by atoms with Crippen molar-refractivity contribution in [2.45, 2.75) is 32.6 Å². The van der Waals surface area contributed by atoms with Gasteiger partial charge in [0.25, 0.3) is 5.91 Å². The summed E-state index contributed by atoms with van der Waals surface area (Å²) in [5.74, 6) is 0.281. The first-order valence-electron chi connectivity index (χ1n) is 11.0. The Morgan fingerprint density at radius 2 is 1.81 bits per heavy atom. The van der Waals surface area contributed by atoms with Gasteiger partial charge in [0.05, 0.1) is 36.4 Å². The highest BCUT2D eigenvalue weighted by Crippen LogP contribution is 2.27. The fourth-order valence-electron chi connectivity index (χ4n) is 4.43. The minimum atomic E-state index is -0.0192. The number of carbonyl (C=O) groups is 2. The minimum absolute atomic E-state index is 0.0131. The Morgan fingerprint density at radius 1 is 1.10 bits per heavy atom. The minimum Gasteiger partial charge on any atom is -0.378 e. The maximum absolute atomic E-state index is 13.3. The van der Waals surface area contributed by atoms with Crippen LogP contribution < -0.4 is 0 Å². The van der Waals surface area contributed by atoms with Crippen LogP contribution in [0.15, 0.2) is 30.5 Å². The molecule has 2 amide bonds. The maximum atomic E-state index is 13.3. The lowest BCUT2D eigenvalue weighted by Crippen LogP contribution is -2.47. The monoisotopic (exact) mass is 444 g/mol. The van der Waals surface area contributed by atoms with E-state index >= 15 is 0 Å². The summed E-state index contributed by atoms with van der Waals surface area (Å²) < 4.78 is 7.15. The number of ether oxygens (including phenoxy) is 1. The summed E-state index contributed by atoms with van der Waals surface area (Å²) in [6.45, 7) is 7.83. The van der Waals surface area contributed by atoms with Crippen LogP contribution in [0.5, 0.6) is 0 Å². The van der Waals surface area contributed by atoms with Crippen molar-refractivity contribution in [3.63, 3.8) is 0 Å². The van der Waals surface area contributed by atoms with Crippen molar-refractivity contribution in [1.82, 2.24) is 19.6 Å². The molecular weight excluding hydrogens is 416 g/mol. The summed E-state index contributed by atoms with van der Waals surface area (Å²) >= 11 is 6.16. The molecule has 0 bridgehead atoms. The number of benzene rings is 1. The molecule has 0 atom stereocenters. The quantitative estimate of drug-likeness (QED) is 0.725. The van der Waals surface area contributed by atoms with Crippen molar-refractivity contribution in [3.8, 4) is 5.69 Å². The third-order valence-corrected chi connectivity index (χ3v) is 6.33. The molecule has 4 rings (SSSR count). The Kier molecular flexibility index (Phi) is 6.62. The Labute approximate surface area is 187 Å². The summed E-state index contributed by atoms with van der Waals surface area (Å²) in [7, 11) is 0. The number of rotatable bonds is 4. The first-order chi connectivity index (χ1) is 15.0. The highest BCUT2D eigenvalue weighted by atomic mass is 35.5. The molecule has 8 heteroatoms. The Balaban J connectivity index is 1.47. The number of halogens is 1. The zero-order valence-electron chi connectivity index (χ0n) is 18.1. The number of hydrogen-bond donors (Lipinski definition) is 0. The van der Waals surface area contributed by atoms with Crippen molar-refractivity contribution in [1.29, 1.82) is 0 Å². The van der Waals surface area contributed by atoms with Crippen LogP contribution in [0.3, 0.4) is 0 Å². The molecule has 2 fully saturated rings. The third kappa shape index (κ3) is 4.62. The van der Waals surface area contributed by atoms with E-state index in [0.29, 0.717) is 62.8 Å². The smallest absolute Gasteiger partial charge is 0.257 e. The van der Waals surface area contributed by atoms with E-state index in [1.165, 1.54) is 0 Å². The molecule has 166 valence electrons. The van der Waals surface area contributed by atoms with Gasteiger partial charge in [-0.25, -0.2) is 4.68 Å². The summed E-state index contributed by atoms with van der Waals surface area (Å²) in [6.07, 6.45) is 3.05. The standard InChI is InChI=1S/C23H29ClN4O3/c1-16(2)21-20(15-25-28(21)19-5-3-4-18(24)14-19)23(30)26-8-6-17(7-9-26)22(29)27-10-12-31-13-11-27/h3-5,14-17H,6-13H2,1-2H3. The van der Waals surface area contributed by atoms with Crippen molar-refractivity contribution in [2.24, 2.45) is 5.92 Å². The summed E-state index contributed by atoms with van der Waals surface area (Å²) in [6, 6.07) is 7.47. The van der Waals surface area contributed by atoms with Gasteiger partial charge in [-0.1, -0.05) is 31.5 Å². The van der Waals surface area contributed by atoms with Crippen molar-refractivity contribution in [3.05, 3.63) is 46.7 Å².